The van der Waals surface area contributed by atoms with Crippen LogP contribution in [0.1, 0.15) is 21.6 Å². The maximum absolute atomic E-state index is 12.8. The fourth-order valence-corrected chi connectivity index (χ4v) is 3.78. The first-order valence-corrected chi connectivity index (χ1v) is 8.99. The van der Waals surface area contributed by atoms with Crippen molar-refractivity contribution in [1.82, 2.24) is 9.97 Å². The summed E-state index contributed by atoms with van der Waals surface area (Å²) in [6, 6.07) is 5.70. The molecule has 0 atom stereocenters. The number of hydrogen-bond donors (Lipinski definition) is 0. The lowest BCUT2D eigenvalue weighted by atomic mass is 10.1. The zero-order valence-corrected chi connectivity index (χ0v) is 15.5. The quantitative estimate of drug-likeness (QED) is 0.704. The molecule has 7 heteroatoms. The number of pyridine rings is 2. The van der Waals surface area contributed by atoms with Gasteiger partial charge in [0.1, 0.15) is 0 Å². The Hall–Kier alpha value is -2.93. The second kappa shape index (κ2) is 6.42. The van der Waals surface area contributed by atoms with E-state index in [1.807, 2.05) is 35.9 Å². The van der Waals surface area contributed by atoms with Crippen molar-refractivity contribution in [3.8, 4) is 22.9 Å². The molecule has 0 saturated heterocycles. The van der Waals surface area contributed by atoms with E-state index in [4.69, 9.17) is 14.5 Å². The Morgan fingerprint density at radius 2 is 2.08 bits per heavy atom. The van der Waals surface area contributed by atoms with Crippen molar-refractivity contribution in [3.63, 3.8) is 0 Å². The van der Waals surface area contributed by atoms with Gasteiger partial charge in [-0.1, -0.05) is 0 Å². The standard InChI is InChI=1S/C19H17N3O3S/c1-11-6-14(12-7-16(24-2)18(25-3)20-8-12)21-15-9-22(19(23)17(11)15)13-4-5-26-10-13/h4-8,10H,9H2,1-3H3. The predicted octanol–water partition coefficient (Wildman–Crippen LogP) is 3.69. The summed E-state index contributed by atoms with van der Waals surface area (Å²) in [5, 5.41) is 3.94. The number of anilines is 1. The highest BCUT2D eigenvalue weighted by Crippen LogP contribution is 2.34. The molecule has 3 aromatic rings. The Morgan fingerprint density at radius 3 is 2.77 bits per heavy atom. The van der Waals surface area contributed by atoms with Gasteiger partial charge in [-0.25, -0.2) is 4.98 Å². The number of ether oxygens (including phenoxy) is 2. The fourth-order valence-electron chi connectivity index (χ4n) is 3.14. The number of aryl methyl sites for hydroxylation is 1. The number of rotatable bonds is 4. The van der Waals surface area contributed by atoms with Crippen LogP contribution in [0.2, 0.25) is 0 Å². The van der Waals surface area contributed by atoms with Crippen LogP contribution in [0.3, 0.4) is 0 Å². The summed E-state index contributed by atoms with van der Waals surface area (Å²) in [4.78, 5) is 23.6. The Labute approximate surface area is 155 Å². The lowest BCUT2D eigenvalue weighted by molar-refractivity contribution is 0.0996. The molecule has 0 unspecified atom stereocenters. The number of methoxy groups -OCH3 is 2. The van der Waals surface area contributed by atoms with E-state index in [-0.39, 0.29) is 5.91 Å². The molecule has 1 amide bonds. The highest BCUT2D eigenvalue weighted by Gasteiger charge is 2.32. The van der Waals surface area contributed by atoms with Crippen molar-refractivity contribution in [2.24, 2.45) is 0 Å². The highest BCUT2D eigenvalue weighted by atomic mass is 32.1. The molecule has 0 aromatic carbocycles. The summed E-state index contributed by atoms with van der Waals surface area (Å²) in [6.07, 6.45) is 1.70. The molecular weight excluding hydrogens is 350 g/mol. The highest BCUT2D eigenvalue weighted by molar-refractivity contribution is 7.08. The van der Waals surface area contributed by atoms with Crippen molar-refractivity contribution in [1.29, 1.82) is 0 Å². The Balaban J connectivity index is 1.76. The average Bonchev–Trinajstić information content (AvgIpc) is 3.29. The molecule has 1 aliphatic rings. The smallest absolute Gasteiger partial charge is 0.260 e. The molecule has 0 radical (unpaired) electrons. The SMILES string of the molecule is COc1cc(-c2cc(C)c3c(n2)CN(c2ccsc2)C3=O)cnc1OC. The van der Waals surface area contributed by atoms with Gasteiger partial charge in [0.15, 0.2) is 5.75 Å². The van der Waals surface area contributed by atoms with Gasteiger partial charge in [0.25, 0.3) is 11.8 Å². The van der Waals surface area contributed by atoms with Gasteiger partial charge in [0.2, 0.25) is 0 Å². The molecule has 4 rings (SSSR count). The van der Waals surface area contributed by atoms with Crippen LogP contribution in [-0.2, 0) is 6.54 Å². The van der Waals surface area contributed by atoms with Crippen LogP contribution in [0.15, 0.2) is 35.2 Å². The average molecular weight is 367 g/mol. The van der Waals surface area contributed by atoms with Gasteiger partial charge in [-0.3, -0.25) is 9.78 Å². The third-order valence-corrected chi connectivity index (χ3v) is 5.07. The maximum Gasteiger partial charge on any atom is 0.260 e. The fraction of sp³-hybridized carbons (Fsp3) is 0.211. The largest absolute Gasteiger partial charge is 0.491 e. The van der Waals surface area contributed by atoms with Crippen molar-refractivity contribution >= 4 is 22.9 Å². The summed E-state index contributed by atoms with van der Waals surface area (Å²) in [7, 11) is 3.12. The summed E-state index contributed by atoms with van der Waals surface area (Å²) in [6.45, 7) is 2.41. The Morgan fingerprint density at radius 1 is 1.23 bits per heavy atom. The predicted molar refractivity (Wildman–Crippen MR) is 100 cm³/mol. The molecule has 0 spiro atoms. The third kappa shape index (κ3) is 2.61. The van der Waals surface area contributed by atoms with E-state index in [0.717, 1.165) is 28.2 Å². The molecule has 6 nitrogen and oxygen atoms in total. The van der Waals surface area contributed by atoms with E-state index in [2.05, 4.69) is 4.98 Å². The summed E-state index contributed by atoms with van der Waals surface area (Å²) >= 11 is 1.57. The lowest BCUT2D eigenvalue weighted by Gasteiger charge is -2.12. The first-order valence-electron chi connectivity index (χ1n) is 8.05. The summed E-state index contributed by atoms with van der Waals surface area (Å²) in [5.74, 6) is 0.967. The number of thiophene rings is 1. The van der Waals surface area contributed by atoms with E-state index in [1.165, 1.54) is 0 Å². The monoisotopic (exact) mass is 367 g/mol. The normalized spacial score (nSPS) is 13.0. The second-order valence-electron chi connectivity index (χ2n) is 5.95. The molecule has 26 heavy (non-hydrogen) atoms. The Kier molecular flexibility index (Phi) is 4.08. The molecule has 0 bridgehead atoms. The molecule has 1 aliphatic heterocycles. The summed E-state index contributed by atoms with van der Waals surface area (Å²) < 4.78 is 10.5. The Bertz CT molecular complexity index is 986. The number of hydrogen-bond acceptors (Lipinski definition) is 6. The minimum Gasteiger partial charge on any atom is -0.491 e. The van der Waals surface area contributed by atoms with E-state index in [9.17, 15) is 4.79 Å². The maximum atomic E-state index is 12.8. The lowest BCUT2D eigenvalue weighted by Crippen LogP contribution is -2.22. The van der Waals surface area contributed by atoms with Crippen LogP contribution >= 0.6 is 11.3 Å². The molecule has 4 heterocycles. The van der Waals surface area contributed by atoms with Crippen LogP contribution < -0.4 is 14.4 Å². The number of aromatic nitrogens is 2. The van der Waals surface area contributed by atoms with Crippen molar-refractivity contribution < 1.29 is 14.3 Å². The van der Waals surface area contributed by atoms with Crippen molar-refractivity contribution in [2.75, 3.05) is 19.1 Å². The third-order valence-electron chi connectivity index (χ3n) is 4.40. The molecular formula is C19H17N3O3S. The van der Waals surface area contributed by atoms with Crippen LogP contribution in [0.5, 0.6) is 11.6 Å². The van der Waals surface area contributed by atoms with E-state index in [0.29, 0.717) is 23.7 Å². The molecule has 0 aliphatic carbocycles. The number of carbonyl (C=O) groups excluding carboxylic acids is 1. The number of carbonyl (C=O) groups is 1. The number of fused-ring (bicyclic) bond motifs is 1. The minimum atomic E-state index is 0.000358. The van der Waals surface area contributed by atoms with Crippen molar-refractivity contribution in [2.45, 2.75) is 13.5 Å². The van der Waals surface area contributed by atoms with Gasteiger partial charge in [-0.05, 0) is 36.1 Å². The van der Waals surface area contributed by atoms with Crippen LogP contribution in [0, 0.1) is 6.92 Å². The van der Waals surface area contributed by atoms with Crippen LogP contribution in [0.25, 0.3) is 11.3 Å². The van der Waals surface area contributed by atoms with E-state index < -0.39 is 0 Å². The van der Waals surface area contributed by atoms with Crippen LogP contribution in [-0.4, -0.2) is 30.1 Å². The zero-order chi connectivity index (χ0) is 18.3. The van der Waals surface area contributed by atoms with Gasteiger partial charge >= 0.3 is 0 Å². The van der Waals surface area contributed by atoms with E-state index in [1.54, 1.807) is 36.7 Å². The zero-order valence-electron chi connectivity index (χ0n) is 14.6. The van der Waals surface area contributed by atoms with Gasteiger partial charge in [-0.2, -0.15) is 11.3 Å². The topological polar surface area (TPSA) is 64.5 Å². The second-order valence-corrected chi connectivity index (χ2v) is 6.73. The van der Waals surface area contributed by atoms with Gasteiger partial charge in [0.05, 0.1) is 43.4 Å². The minimum absolute atomic E-state index is 0.000358. The van der Waals surface area contributed by atoms with E-state index >= 15 is 0 Å². The molecule has 3 aromatic heterocycles. The molecule has 0 N–H and O–H groups in total. The van der Waals surface area contributed by atoms with Gasteiger partial charge in [0, 0.05) is 17.1 Å². The van der Waals surface area contributed by atoms with Gasteiger partial charge in [-0.15, -0.1) is 0 Å². The first-order chi connectivity index (χ1) is 12.6. The number of amides is 1. The molecule has 0 fully saturated rings. The van der Waals surface area contributed by atoms with Gasteiger partial charge < -0.3 is 14.4 Å². The molecule has 132 valence electrons. The first kappa shape index (κ1) is 16.5. The van der Waals surface area contributed by atoms with Crippen molar-refractivity contribution in [3.05, 3.63) is 52.0 Å². The molecule has 0 saturated carbocycles. The summed E-state index contributed by atoms with van der Waals surface area (Å²) in [5.41, 5.74) is 4.86. The number of nitrogens with zero attached hydrogens (tertiary/aromatic N) is 3. The van der Waals surface area contributed by atoms with Crippen LogP contribution in [0.4, 0.5) is 5.69 Å².